The highest BCUT2D eigenvalue weighted by Gasteiger charge is 2.45. The molecule has 0 N–H and O–H groups in total. The van der Waals surface area contributed by atoms with E-state index in [1.165, 1.54) is 0 Å². The topological polar surface area (TPSA) is 51.0 Å². The molecule has 0 saturated heterocycles. The summed E-state index contributed by atoms with van der Waals surface area (Å²) >= 11 is 5.45. The molecule has 2 atom stereocenters. The van der Waals surface area contributed by atoms with Crippen LogP contribution in [-0.4, -0.2) is 36.6 Å². The molecule has 13 heavy (non-hydrogen) atoms. The molecule has 2 unspecified atom stereocenters. The van der Waals surface area contributed by atoms with E-state index in [1.807, 2.05) is 0 Å². The molecular weight excluding hydrogens is 206 g/mol. The number of nitrogens with zero attached hydrogens (tertiary/aromatic N) is 2. The van der Waals surface area contributed by atoms with E-state index in [9.17, 15) is 13.6 Å². The first-order valence-corrected chi connectivity index (χ1v) is 3.58. The van der Waals surface area contributed by atoms with Crippen LogP contribution >= 0.6 is 11.6 Å². The number of hydrogen-bond acceptors (Lipinski definition) is 4. The van der Waals surface area contributed by atoms with Gasteiger partial charge in [-0.15, -0.1) is 0 Å². The maximum Gasteiger partial charge on any atom is 0.341 e. The smallest absolute Gasteiger partial charge is 0.341 e. The van der Waals surface area contributed by atoms with Crippen molar-refractivity contribution >= 4 is 29.8 Å². The number of esters is 1. The van der Waals surface area contributed by atoms with Gasteiger partial charge in [-0.3, -0.25) is 0 Å². The Hall–Kier alpha value is -1.04. The van der Waals surface area contributed by atoms with Crippen LogP contribution in [0.15, 0.2) is 9.98 Å². The number of ether oxygens (including phenoxy) is 1. The van der Waals surface area contributed by atoms with Crippen molar-refractivity contribution in [3.63, 3.8) is 0 Å². The van der Waals surface area contributed by atoms with Gasteiger partial charge in [0.25, 0.3) is 6.42 Å². The predicted molar refractivity (Wildman–Crippen MR) is 42.5 cm³/mol. The van der Waals surface area contributed by atoms with E-state index in [4.69, 9.17) is 11.6 Å². The van der Waals surface area contributed by atoms with Crippen molar-refractivity contribution in [1.82, 2.24) is 0 Å². The summed E-state index contributed by atoms with van der Waals surface area (Å²) in [5.41, 5.74) is 0. The molecule has 72 valence electrons. The molecule has 1 aliphatic heterocycles. The number of alkyl halides is 2. The number of carbonyl (C=O) groups excluding carboxylic acids is 1. The summed E-state index contributed by atoms with van der Waals surface area (Å²) in [6.07, 6.45) is -1.41. The van der Waals surface area contributed by atoms with Gasteiger partial charge in [0.1, 0.15) is 0 Å². The zero-order chi connectivity index (χ0) is 10.1. The minimum Gasteiger partial charge on any atom is -0.467 e. The molecule has 0 aromatic heterocycles. The van der Waals surface area contributed by atoms with Crippen LogP contribution in [-0.2, 0) is 9.53 Å². The molecule has 0 saturated carbocycles. The van der Waals surface area contributed by atoms with Crippen LogP contribution in [0.25, 0.3) is 0 Å². The van der Waals surface area contributed by atoms with Gasteiger partial charge in [-0.2, -0.15) is 8.78 Å². The van der Waals surface area contributed by atoms with Gasteiger partial charge in [0, 0.05) is 6.21 Å². The number of carbonyl (C=O) groups is 1. The highest BCUT2D eigenvalue weighted by atomic mass is 35.5. The minimum absolute atomic E-state index is 0.632. The van der Waals surface area contributed by atoms with Crippen LogP contribution in [0, 0.1) is 0 Å². The lowest BCUT2D eigenvalue weighted by Crippen LogP contribution is -2.44. The van der Waals surface area contributed by atoms with Crippen molar-refractivity contribution in [2.75, 3.05) is 7.11 Å². The van der Waals surface area contributed by atoms with Gasteiger partial charge in [0.2, 0.25) is 10.8 Å². The fourth-order valence-corrected chi connectivity index (χ4v) is 0.906. The Bertz CT molecular complexity index is 294. The maximum atomic E-state index is 12.9. The normalized spacial score (nSPS) is 32.6. The molecule has 0 aromatic carbocycles. The van der Waals surface area contributed by atoms with E-state index < -0.39 is 23.2 Å². The maximum absolute atomic E-state index is 12.9. The van der Waals surface area contributed by atoms with Gasteiger partial charge in [-0.1, -0.05) is 11.6 Å². The van der Waals surface area contributed by atoms with E-state index >= 15 is 0 Å². The third-order valence-corrected chi connectivity index (χ3v) is 1.79. The molecular formula is C6H5ClF2N2O2. The van der Waals surface area contributed by atoms with Crippen molar-refractivity contribution in [2.45, 2.75) is 11.3 Å². The van der Waals surface area contributed by atoms with Crippen LogP contribution in [0.5, 0.6) is 0 Å². The minimum atomic E-state index is -2.21. The molecule has 1 heterocycles. The molecule has 0 fully saturated rings. The molecule has 1 rings (SSSR count). The SMILES string of the molecule is COC(=O)C1(Cl)C=NC(F)N=C1F. The second-order valence-corrected chi connectivity index (χ2v) is 2.81. The lowest BCUT2D eigenvalue weighted by Gasteiger charge is -2.19. The van der Waals surface area contributed by atoms with E-state index in [-0.39, 0.29) is 0 Å². The highest BCUT2D eigenvalue weighted by Crippen LogP contribution is 2.23. The van der Waals surface area contributed by atoms with Gasteiger partial charge in [0.05, 0.1) is 7.11 Å². The van der Waals surface area contributed by atoms with Crippen molar-refractivity contribution in [3.05, 3.63) is 0 Å². The molecule has 1 aliphatic rings. The number of halogens is 3. The van der Waals surface area contributed by atoms with Gasteiger partial charge in [-0.05, 0) is 0 Å². The Balaban J connectivity index is 2.99. The number of aliphatic imine (C=N–C) groups is 2. The van der Waals surface area contributed by atoms with Crippen molar-refractivity contribution in [3.8, 4) is 0 Å². The summed E-state index contributed by atoms with van der Waals surface area (Å²) in [5, 5.41) is 0. The third-order valence-electron chi connectivity index (χ3n) is 1.38. The first-order chi connectivity index (χ1) is 6.00. The summed E-state index contributed by atoms with van der Waals surface area (Å²) in [6.45, 7) is 0. The van der Waals surface area contributed by atoms with E-state index in [2.05, 4.69) is 14.7 Å². The molecule has 0 aliphatic carbocycles. The second-order valence-electron chi connectivity index (χ2n) is 2.21. The Morgan fingerprint density at radius 1 is 1.85 bits per heavy atom. The van der Waals surface area contributed by atoms with Crippen molar-refractivity contribution < 1.29 is 18.3 Å². The van der Waals surface area contributed by atoms with Gasteiger partial charge in [-0.25, -0.2) is 14.8 Å². The third kappa shape index (κ3) is 1.67. The summed E-state index contributed by atoms with van der Waals surface area (Å²) < 4.78 is 29.4. The Labute approximate surface area is 77.3 Å². The van der Waals surface area contributed by atoms with Crippen molar-refractivity contribution in [2.24, 2.45) is 9.98 Å². The Morgan fingerprint density at radius 2 is 2.46 bits per heavy atom. The van der Waals surface area contributed by atoms with Crippen LogP contribution in [0.3, 0.4) is 0 Å². The molecule has 0 bridgehead atoms. The summed E-state index contributed by atoms with van der Waals surface area (Å²) in [4.78, 5) is 14.5. The largest absolute Gasteiger partial charge is 0.467 e. The van der Waals surface area contributed by atoms with Crippen LogP contribution < -0.4 is 0 Å². The number of hydrogen-bond donors (Lipinski definition) is 0. The highest BCUT2D eigenvalue weighted by molar-refractivity contribution is 6.54. The lowest BCUT2D eigenvalue weighted by molar-refractivity contribution is -0.140. The average Bonchev–Trinajstić information content (AvgIpc) is 2.11. The van der Waals surface area contributed by atoms with Crippen molar-refractivity contribution in [1.29, 1.82) is 0 Å². The van der Waals surface area contributed by atoms with Gasteiger partial charge >= 0.3 is 5.97 Å². The van der Waals surface area contributed by atoms with Crippen LogP contribution in [0.4, 0.5) is 8.78 Å². The number of methoxy groups -OCH3 is 1. The van der Waals surface area contributed by atoms with Crippen LogP contribution in [0.1, 0.15) is 0 Å². The number of rotatable bonds is 1. The van der Waals surface area contributed by atoms with Crippen LogP contribution in [0.2, 0.25) is 0 Å². The molecule has 0 radical (unpaired) electrons. The predicted octanol–water partition coefficient (Wildman–Crippen LogP) is 0.842. The first-order valence-electron chi connectivity index (χ1n) is 3.20. The summed E-state index contributed by atoms with van der Waals surface area (Å²) in [5.74, 6) is -2.45. The lowest BCUT2D eigenvalue weighted by atomic mass is 10.1. The zero-order valence-electron chi connectivity index (χ0n) is 6.50. The summed E-state index contributed by atoms with van der Waals surface area (Å²) in [7, 11) is 1.02. The standard InChI is InChI=1S/C6H5ClF2N2O2/c1-13-4(12)6(7)2-10-5(9)11-3(6)8/h2,5H,1H3. The van der Waals surface area contributed by atoms with E-state index in [0.717, 1.165) is 7.11 Å². The fourth-order valence-electron chi connectivity index (χ4n) is 0.724. The zero-order valence-corrected chi connectivity index (χ0v) is 7.26. The molecule has 7 heteroatoms. The summed E-state index contributed by atoms with van der Waals surface area (Å²) in [6, 6.07) is 0. The van der Waals surface area contributed by atoms with Gasteiger partial charge < -0.3 is 4.74 Å². The molecule has 4 nitrogen and oxygen atoms in total. The second kappa shape index (κ2) is 3.37. The Morgan fingerprint density at radius 3 is 2.92 bits per heavy atom. The fraction of sp³-hybridized carbons (Fsp3) is 0.500. The molecule has 0 spiro atoms. The van der Waals surface area contributed by atoms with E-state index in [1.54, 1.807) is 0 Å². The average molecular weight is 211 g/mol. The monoisotopic (exact) mass is 210 g/mol. The van der Waals surface area contributed by atoms with E-state index in [0.29, 0.717) is 6.21 Å². The molecule has 0 amide bonds. The first kappa shape index (κ1) is 10.0. The molecule has 0 aromatic rings. The van der Waals surface area contributed by atoms with Gasteiger partial charge in [0.15, 0.2) is 0 Å². The quantitative estimate of drug-likeness (QED) is 0.366. The Kier molecular flexibility index (Phi) is 2.60.